The Balaban J connectivity index is 2.59. The molecule has 1 aromatic heterocycles. The van der Waals surface area contributed by atoms with Crippen molar-refractivity contribution in [3.63, 3.8) is 0 Å². The van der Waals surface area contributed by atoms with E-state index < -0.39 is 0 Å². The fourth-order valence-corrected chi connectivity index (χ4v) is 1.86. The van der Waals surface area contributed by atoms with Crippen molar-refractivity contribution < 1.29 is 9.47 Å². The van der Waals surface area contributed by atoms with Gasteiger partial charge < -0.3 is 14.8 Å². The van der Waals surface area contributed by atoms with Crippen LogP contribution in [0.4, 0.5) is 5.82 Å². The number of nitrogens with one attached hydrogen (secondary N) is 1. The van der Waals surface area contributed by atoms with Crippen LogP contribution in [0.1, 0.15) is 58.2 Å². The number of hydrogen-bond acceptors (Lipinski definition) is 5. The molecule has 0 amide bonds. The van der Waals surface area contributed by atoms with Crippen molar-refractivity contribution in [1.29, 1.82) is 0 Å². The summed E-state index contributed by atoms with van der Waals surface area (Å²) in [6, 6.07) is 1.86. The summed E-state index contributed by atoms with van der Waals surface area (Å²) in [5, 5.41) is 3.37. The number of anilines is 1. The first kappa shape index (κ1) is 17.7. The van der Waals surface area contributed by atoms with E-state index in [0.717, 1.165) is 24.6 Å². The topological polar surface area (TPSA) is 56.3 Å². The summed E-state index contributed by atoms with van der Waals surface area (Å²) >= 11 is 0. The average molecular weight is 295 g/mol. The summed E-state index contributed by atoms with van der Waals surface area (Å²) in [4.78, 5) is 8.98. The zero-order chi connectivity index (χ0) is 15.5. The van der Waals surface area contributed by atoms with Crippen LogP contribution >= 0.6 is 0 Å². The lowest BCUT2D eigenvalue weighted by molar-refractivity contribution is 0.143. The first-order chi connectivity index (χ1) is 10.2. The van der Waals surface area contributed by atoms with Crippen molar-refractivity contribution in [2.45, 2.75) is 52.4 Å². The Bertz CT molecular complexity index is 397. The average Bonchev–Trinajstić information content (AvgIpc) is 2.47. The third-order valence-electron chi connectivity index (χ3n) is 3.11. The fourth-order valence-electron chi connectivity index (χ4n) is 1.86. The van der Waals surface area contributed by atoms with Gasteiger partial charge in [-0.05, 0) is 6.42 Å². The Kier molecular flexibility index (Phi) is 8.74. The Morgan fingerprint density at radius 3 is 2.62 bits per heavy atom. The molecule has 0 aromatic carbocycles. The molecule has 0 atom stereocenters. The molecule has 5 heteroatoms. The van der Waals surface area contributed by atoms with E-state index in [4.69, 9.17) is 9.47 Å². The molecule has 0 saturated heterocycles. The largest absolute Gasteiger partial charge is 0.475 e. The standard InChI is InChI=1S/C16H29N3O2/c1-5-6-7-8-9-17-14-12-15(21-11-10-20-4)19-16(18-14)13(2)3/h12-13H,5-11H2,1-4H3,(H,17,18,19). The summed E-state index contributed by atoms with van der Waals surface area (Å²) in [7, 11) is 1.66. The van der Waals surface area contributed by atoms with Crippen LogP contribution in [0, 0.1) is 0 Å². The molecule has 1 aromatic rings. The maximum Gasteiger partial charge on any atom is 0.218 e. The van der Waals surface area contributed by atoms with Gasteiger partial charge in [0.1, 0.15) is 18.2 Å². The number of unbranched alkanes of at least 4 members (excludes halogenated alkanes) is 3. The van der Waals surface area contributed by atoms with E-state index in [9.17, 15) is 0 Å². The molecule has 0 radical (unpaired) electrons. The van der Waals surface area contributed by atoms with Crippen molar-refractivity contribution in [3.8, 4) is 5.88 Å². The van der Waals surface area contributed by atoms with Gasteiger partial charge in [0.05, 0.1) is 6.61 Å². The molecule has 0 aliphatic heterocycles. The second-order valence-electron chi connectivity index (χ2n) is 5.43. The van der Waals surface area contributed by atoms with Gasteiger partial charge in [0.2, 0.25) is 5.88 Å². The number of rotatable bonds is 11. The minimum absolute atomic E-state index is 0.275. The van der Waals surface area contributed by atoms with Crippen LogP contribution in [-0.4, -0.2) is 36.8 Å². The second kappa shape index (κ2) is 10.4. The summed E-state index contributed by atoms with van der Waals surface area (Å²) in [5.41, 5.74) is 0. The Morgan fingerprint density at radius 2 is 1.95 bits per heavy atom. The minimum atomic E-state index is 0.275. The van der Waals surface area contributed by atoms with E-state index in [2.05, 4.69) is 36.1 Å². The lowest BCUT2D eigenvalue weighted by atomic mass is 10.2. The normalized spacial score (nSPS) is 10.9. The monoisotopic (exact) mass is 295 g/mol. The Morgan fingerprint density at radius 1 is 1.14 bits per heavy atom. The molecule has 0 aliphatic carbocycles. The lowest BCUT2D eigenvalue weighted by Gasteiger charge is -2.12. The smallest absolute Gasteiger partial charge is 0.218 e. The van der Waals surface area contributed by atoms with E-state index in [1.54, 1.807) is 7.11 Å². The van der Waals surface area contributed by atoms with E-state index in [1.165, 1.54) is 19.3 Å². The molecule has 0 fully saturated rings. The molecular weight excluding hydrogens is 266 g/mol. The van der Waals surface area contributed by atoms with Gasteiger partial charge >= 0.3 is 0 Å². The first-order valence-electron chi connectivity index (χ1n) is 7.92. The van der Waals surface area contributed by atoms with Gasteiger partial charge in [-0.15, -0.1) is 0 Å². The van der Waals surface area contributed by atoms with Gasteiger partial charge in [-0.3, -0.25) is 0 Å². The van der Waals surface area contributed by atoms with Crippen molar-refractivity contribution in [2.75, 3.05) is 32.2 Å². The molecular formula is C16H29N3O2. The third-order valence-corrected chi connectivity index (χ3v) is 3.11. The van der Waals surface area contributed by atoms with Crippen LogP contribution in [0.15, 0.2) is 6.07 Å². The van der Waals surface area contributed by atoms with Crippen LogP contribution in [0.5, 0.6) is 5.88 Å². The maximum absolute atomic E-state index is 5.61. The SMILES string of the molecule is CCCCCCNc1cc(OCCOC)nc(C(C)C)n1. The maximum atomic E-state index is 5.61. The highest BCUT2D eigenvalue weighted by Gasteiger charge is 2.08. The number of methoxy groups -OCH3 is 1. The molecule has 1 N–H and O–H groups in total. The predicted octanol–water partition coefficient (Wildman–Crippen LogP) is 3.62. The molecule has 0 unspecified atom stereocenters. The summed E-state index contributed by atoms with van der Waals surface area (Å²) in [6.07, 6.45) is 4.95. The molecule has 0 spiro atoms. The van der Waals surface area contributed by atoms with E-state index in [-0.39, 0.29) is 5.92 Å². The predicted molar refractivity (Wildman–Crippen MR) is 86.1 cm³/mol. The van der Waals surface area contributed by atoms with Crippen LogP contribution in [0.2, 0.25) is 0 Å². The quantitative estimate of drug-likeness (QED) is 0.632. The highest BCUT2D eigenvalue weighted by atomic mass is 16.5. The number of aromatic nitrogens is 2. The molecule has 5 nitrogen and oxygen atoms in total. The van der Waals surface area contributed by atoms with Crippen LogP contribution in [0.25, 0.3) is 0 Å². The number of nitrogens with zero attached hydrogens (tertiary/aromatic N) is 2. The van der Waals surface area contributed by atoms with Crippen LogP contribution in [-0.2, 0) is 4.74 Å². The first-order valence-corrected chi connectivity index (χ1v) is 7.92. The van der Waals surface area contributed by atoms with Gasteiger partial charge in [-0.25, -0.2) is 4.98 Å². The summed E-state index contributed by atoms with van der Waals surface area (Å²) in [5.74, 6) is 2.54. The van der Waals surface area contributed by atoms with E-state index in [1.807, 2.05) is 6.07 Å². The molecule has 0 saturated carbocycles. The van der Waals surface area contributed by atoms with Crippen molar-refractivity contribution in [2.24, 2.45) is 0 Å². The van der Waals surface area contributed by atoms with E-state index >= 15 is 0 Å². The zero-order valence-corrected chi connectivity index (χ0v) is 13.8. The van der Waals surface area contributed by atoms with Gasteiger partial charge in [0.25, 0.3) is 0 Å². The summed E-state index contributed by atoms with van der Waals surface area (Å²) < 4.78 is 10.6. The number of hydrogen-bond donors (Lipinski definition) is 1. The van der Waals surface area contributed by atoms with Gasteiger partial charge in [-0.2, -0.15) is 4.98 Å². The molecule has 1 heterocycles. The Labute approximate surface area is 128 Å². The number of ether oxygens (including phenoxy) is 2. The van der Waals surface area contributed by atoms with E-state index in [0.29, 0.717) is 19.1 Å². The van der Waals surface area contributed by atoms with Gasteiger partial charge in [0, 0.05) is 25.6 Å². The Hall–Kier alpha value is -1.36. The van der Waals surface area contributed by atoms with Gasteiger partial charge in [0.15, 0.2) is 0 Å². The van der Waals surface area contributed by atoms with Crippen molar-refractivity contribution in [3.05, 3.63) is 11.9 Å². The third kappa shape index (κ3) is 7.27. The highest BCUT2D eigenvalue weighted by molar-refractivity contribution is 5.38. The molecule has 21 heavy (non-hydrogen) atoms. The molecule has 1 rings (SSSR count). The van der Waals surface area contributed by atoms with Gasteiger partial charge in [-0.1, -0.05) is 40.0 Å². The van der Waals surface area contributed by atoms with Crippen LogP contribution < -0.4 is 10.1 Å². The highest BCUT2D eigenvalue weighted by Crippen LogP contribution is 2.18. The van der Waals surface area contributed by atoms with Crippen molar-refractivity contribution in [1.82, 2.24) is 9.97 Å². The van der Waals surface area contributed by atoms with Crippen LogP contribution in [0.3, 0.4) is 0 Å². The molecule has 120 valence electrons. The molecule has 0 bridgehead atoms. The van der Waals surface area contributed by atoms with Crippen molar-refractivity contribution >= 4 is 5.82 Å². The second-order valence-corrected chi connectivity index (χ2v) is 5.43. The lowest BCUT2D eigenvalue weighted by Crippen LogP contribution is -2.10. The summed E-state index contributed by atoms with van der Waals surface area (Å²) in [6.45, 7) is 8.38. The fraction of sp³-hybridized carbons (Fsp3) is 0.750. The minimum Gasteiger partial charge on any atom is -0.475 e. The molecule has 0 aliphatic rings. The zero-order valence-electron chi connectivity index (χ0n) is 13.8.